The Morgan fingerprint density at radius 2 is 1.83 bits per heavy atom. The van der Waals surface area contributed by atoms with Gasteiger partial charge in [0.2, 0.25) is 0 Å². The first-order valence-corrected chi connectivity index (χ1v) is 2.94. The summed E-state index contributed by atoms with van der Waals surface area (Å²) in [5.74, 6) is 0.944. The summed E-state index contributed by atoms with van der Waals surface area (Å²) >= 11 is 8.06. The van der Waals surface area contributed by atoms with Crippen LogP contribution in [-0.2, 0) is 0 Å². The van der Waals surface area contributed by atoms with E-state index in [9.17, 15) is 0 Å². The van der Waals surface area contributed by atoms with Gasteiger partial charge in [0.05, 0.1) is 0 Å². The Labute approximate surface area is 50.8 Å². The normalized spacial score (nSPS) is 4.50. The van der Waals surface area contributed by atoms with Gasteiger partial charge in [0.1, 0.15) is 0 Å². The van der Waals surface area contributed by atoms with Crippen LogP contribution in [-0.4, -0.2) is 11.9 Å². The van der Waals surface area contributed by atoms with Crippen LogP contribution in [0.2, 0.25) is 6.82 Å². The molecule has 0 bridgehead atoms. The molecule has 0 aliphatic heterocycles. The van der Waals surface area contributed by atoms with Gasteiger partial charge in [0.15, 0.2) is 0 Å². The molecule has 6 heavy (non-hydrogen) atoms. The Kier molecular flexibility index (Phi) is 28.5. The van der Waals surface area contributed by atoms with Crippen molar-refractivity contribution in [2.45, 2.75) is 13.7 Å². The molecule has 36 valence electrons. The Morgan fingerprint density at radius 3 is 1.83 bits per heavy atom. The molecule has 0 heterocycles. The van der Waals surface area contributed by atoms with E-state index in [1.54, 1.807) is 6.15 Å². The van der Waals surface area contributed by atoms with Crippen molar-refractivity contribution in [3.05, 3.63) is 0 Å². The zero-order chi connectivity index (χ0) is 5.41. The third kappa shape index (κ3) is 152. The van der Waals surface area contributed by atoms with Crippen molar-refractivity contribution in [2.75, 3.05) is 5.75 Å². The van der Waals surface area contributed by atoms with Crippen LogP contribution in [0, 0.1) is 0 Å². The number of rotatable bonds is 0. The van der Waals surface area contributed by atoms with Crippen molar-refractivity contribution < 1.29 is 0 Å². The molecule has 0 aliphatic rings. The fraction of sp³-hybridized carbons (Fsp3) is 1.00. The van der Waals surface area contributed by atoms with Gasteiger partial charge >= 0.3 is 25.0 Å². The third-order valence-corrected chi connectivity index (χ3v) is 0. The largest absolute Gasteiger partial charge is 0.180 e. The minimum Gasteiger partial charge on any atom is -0.180 e. The first kappa shape index (κ1) is 9.81. The predicted molar refractivity (Wildman–Crippen MR) is 38.7 cm³/mol. The second kappa shape index (κ2) is 17.4. The standard InChI is InChI=1S/C2H6S.CH3BS/c2*1-2-3/h3H,2H2,1H3;1H3. The van der Waals surface area contributed by atoms with E-state index in [1.165, 1.54) is 0 Å². The summed E-state index contributed by atoms with van der Waals surface area (Å²) < 4.78 is 0. The van der Waals surface area contributed by atoms with Crippen molar-refractivity contribution in [3.8, 4) is 0 Å². The Bertz CT molecular complexity index is 22.8. The fourth-order valence-electron chi connectivity index (χ4n) is 0. The second-order valence-electron chi connectivity index (χ2n) is 0.552. The summed E-state index contributed by atoms with van der Waals surface area (Å²) in [6.07, 6.45) is 1.58. The van der Waals surface area contributed by atoms with Gasteiger partial charge in [-0.3, -0.25) is 0 Å². The molecule has 0 saturated carbocycles. The maximum absolute atomic E-state index is 4.27. The monoisotopic (exact) mass is 120 g/mol. The zero-order valence-corrected chi connectivity index (χ0v) is 5.85. The molecule has 0 saturated heterocycles. The van der Waals surface area contributed by atoms with Gasteiger partial charge in [0, 0.05) is 0 Å². The van der Waals surface area contributed by atoms with Gasteiger partial charge in [-0.1, -0.05) is 6.92 Å². The smallest absolute Gasteiger partial charge is 0.0126 e. The molecule has 0 aromatic carbocycles. The average molecular weight is 120 g/mol. The topological polar surface area (TPSA) is 0 Å². The second-order valence-corrected chi connectivity index (χ2v) is 1.66. The van der Waals surface area contributed by atoms with Crippen LogP contribution in [0.3, 0.4) is 0 Å². The summed E-state index contributed by atoms with van der Waals surface area (Å²) in [5.41, 5.74) is 0. The summed E-state index contributed by atoms with van der Waals surface area (Å²) in [6, 6.07) is 0. The fourth-order valence-corrected chi connectivity index (χ4v) is 0. The van der Waals surface area contributed by atoms with E-state index >= 15 is 0 Å². The van der Waals surface area contributed by atoms with Gasteiger partial charge in [-0.25, -0.2) is 0 Å². The molecule has 0 atom stereocenters. The number of thiol groups is 1. The van der Waals surface area contributed by atoms with Crippen molar-refractivity contribution in [3.63, 3.8) is 0 Å². The molecule has 0 fully saturated rings. The summed E-state index contributed by atoms with van der Waals surface area (Å²) in [4.78, 5) is 0. The molecule has 0 unspecified atom stereocenters. The minimum atomic E-state index is 0.944. The van der Waals surface area contributed by atoms with Crippen LogP contribution in [0.5, 0.6) is 0 Å². The molecule has 0 spiro atoms. The Morgan fingerprint density at radius 1 is 1.83 bits per heavy atom. The molecule has 3 heteroatoms. The summed E-state index contributed by atoms with van der Waals surface area (Å²) in [5, 5.41) is 0. The molecule has 0 aromatic rings. The first-order chi connectivity index (χ1) is 2.83. The van der Waals surface area contributed by atoms with E-state index in [1.807, 2.05) is 13.7 Å². The summed E-state index contributed by atoms with van der Waals surface area (Å²) in [6.45, 7) is 3.80. The quantitative estimate of drug-likeness (QED) is 0.375. The van der Waals surface area contributed by atoms with Crippen molar-refractivity contribution in [1.82, 2.24) is 0 Å². The number of hydrogen-bond acceptors (Lipinski definition) is 2. The van der Waals surface area contributed by atoms with Crippen molar-refractivity contribution in [2.24, 2.45) is 0 Å². The minimum absolute atomic E-state index is 0.944. The molecule has 0 aliphatic carbocycles. The van der Waals surface area contributed by atoms with Crippen LogP contribution >= 0.6 is 24.7 Å². The SMILES string of the molecule is CB=S.CCS. The van der Waals surface area contributed by atoms with Gasteiger partial charge < -0.3 is 0 Å². The van der Waals surface area contributed by atoms with E-state index in [2.05, 4.69) is 24.7 Å². The van der Waals surface area contributed by atoms with E-state index in [-0.39, 0.29) is 0 Å². The van der Waals surface area contributed by atoms with E-state index < -0.39 is 0 Å². The van der Waals surface area contributed by atoms with Gasteiger partial charge in [-0.05, 0) is 5.75 Å². The first-order valence-electron chi connectivity index (χ1n) is 1.84. The maximum atomic E-state index is 4.27. The molecule has 0 aromatic heterocycles. The van der Waals surface area contributed by atoms with E-state index in [4.69, 9.17) is 0 Å². The third-order valence-electron chi connectivity index (χ3n) is 0. The van der Waals surface area contributed by atoms with Crippen LogP contribution in [0.15, 0.2) is 0 Å². The molecular weight excluding hydrogens is 111 g/mol. The van der Waals surface area contributed by atoms with Crippen LogP contribution in [0.1, 0.15) is 6.92 Å². The maximum Gasteiger partial charge on any atom is -0.0126 e. The molecule has 0 N–H and O–H groups in total. The Balaban J connectivity index is 0. The van der Waals surface area contributed by atoms with Crippen LogP contribution in [0.4, 0.5) is 0 Å². The molecular formula is C3H9BS2. The van der Waals surface area contributed by atoms with Gasteiger partial charge in [-0.15, -0.1) is 0 Å². The average Bonchev–Trinajstić information content (AvgIpc) is 1.39. The molecule has 0 nitrogen and oxygen atoms in total. The van der Waals surface area contributed by atoms with E-state index in [0.29, 0.717) is 0 Å². The van der Waals surface area contributed by atoms with Crippen LogP contribution in [0.25, 0.3) is 0 Å². The van der Waals surface area contributed by atoms with Crippen molar-refractivity contribution >= 4 is 30.8 Å². The molecule has 0 radical (unpaired) electrons. The van der Waals surface area contributed by atoms with Crippen LogP contribution < -0.4 is 0 Å². The predicted octanol–water partition coefficient (Wildman–Crippen LogP) is 1.79. The van der Waals surface area contributed by atoms with Gasteiger partial charge in [0.25, 0.3) is 0 Å². The summed E-state index contributed by atoms with van der Waals surface area (Å²) in [7, 11) is 0. The van der Waals surface area contributed by atoms with Crippen molar-refractivity contribution in [1.29, 1.82) is 0 Å². The molecule has 0 amide bonds. The van der Waals surface area contributed by atoms with Gasteiger partial charge in [-0.2, -0.15) is 12.6 Å². The Hall–Kier alpha value is 0.635. The van der Waals surface area contributed by atoms with E-state index in [0.717, 1.165) is 5.75 Å². The zero-order valence-electron chi connectivity index (χ0n) is 4.14. The number of hydrogen-bond donors (Lipinski definition) is 1. The molecule has 0 rings (SSSR count).